The molecule has 0 bridgehead atoms. The van der Waals surface area contributed by atoms with Crippen molar-refractivity contribution in [2.24, 2.45) is 0 Å². The molecule has 4 N–H and O–H groups in total. The lowest BCUT2D eigenvalue weighted by Crippen LogP contribution is -2.49. The quantitative estimate of drug-likeness (QED) is 0.214. The number of benzene rings is 2. The third-order valence-corrected chi connectivity index (χ3v) is 4.60. The number of nitriles is 1. The number of phenols is 1. The van der Waals surface area contributed by atoms with Crippen LogP contribution in [0.3, 0.4) is 0 Å². The van der Waals surface area contributed by atoms with E-state index in [9.17, 15) is 24.8 Å². The fourth-order valence-electron chi connectivity index (χ4n) is 2.90. The fraction of sp³-hybridized carbons (Fsp3) is 0.280. The van der Waals surface area contributed by atoms with E-state index in [0.717, 1.165) is 5.56 Å². The fourth-order valence-corrected chi connectivity index (χ4v) is 2.90. The summed E-state index contributed by atoms with van der Waals surface area (Å²) < 4.78 is 5.57. The number of ether oxygens (including phenoxy) is 1. The number of carbonyl (C=O) groups is 3. The number of hydrogen-bond donors (Lipinski definition) is 4. The summed E-state index contributed by atoms with van der Waals surface area (Å²) in [4.78, 5) is 36.1. The number of carbonyl (C=O) groups excluding carboxylic acids is 3. The lowest BCUT2D eigenvalue weighted by molar-refractivity contribution is -0.129. The van der Waals surface area contributed by atoms with Crippen LogP contribution in [0.5, 0.6) is 5.75 Å². The molecule has 0 aliphatic carbocycles. The molecule has 0 aliphatic rings. The van der Waals surface area contributed by atoms with Gasteiger partial charge in [-0.15, -0.1) is 0 Å². The van der Waals surface area contributed by atoms with Crippen molar-refractivity contribution in [1.82, 2.24) is 16.0 Å². The van der Waals surface area contributed by atoms with Crippen molar-refractivity contribution in [2.75, 3.05) is 19.7 Å². The Hall–Kier alpha value is -4.16. The Labute approximate surface area is 198 Å². The largest absolute Gasteiger partial charge is 0.508 e. The molecule has 9 nitrogen and oxygen atoms in total. The van der Waals surface area contributed by atoms with E-state index in [1.54, 1.807) is 12.1 Å². The molecular formula is C25H28N4O5. The summed E-state index contributed by atoms with van der Waals surface area (Å²) in [5, 5.41) is 26.4. The Morgan fingerprint density at radius 1 is 1.06 bits per heavy atom. The maximum Gasteiger partial charge on any atom is 0.261 e. The topological polar surface area (TPSA) is 141 Å². The summed E-state index contributed by atoms with van der Waals surface area (Å²) in [5.74, 6) is -1.18. The maximum absolute atomic E-state index is 12.4. The van der Waals surface area contributed by atoms with Crippen LogP contribution in [0.2, 0.25) is 0 Å². The van der Waals surface area contributed by atoms with Gasteiger partial charge in [0.15, 0.2) is 0 Å². The van der Waals surface area contributed by atoms with E-state index in [4.69, 9.17) is 4.74 Å². The Balaban J connectivity index is 1.74. The lowest BCUT2D eigenvalue weighted by Gasteiger charge is -2.18. The molecule has 0 heterocycles. The van der Waals surface area contributed by atoms with Crippen molar-refractivity contribution in [3.8, 4) is 11.8 Å². The van der Waals surface area contributed by atoms with E-state index in [0.29, 0.717) is 18.6 Å². The molecule has 178 valence electrons. The SMILES string of the molecule is CC(=O)N[C@H](COCc1ccccc1)C(=O)NCCCNC(=O)/C(C#N)=C/c1ccc(O)cc1. The monoisotopic (exact) mass is 464 g/mol. The average Bonchev–Trinajstić information content (AvgIpc) is 2.83. The van der Waals surface area contributed by atoms with Crippen molar-refractivity contribution < 1.29 is 24.2 Å². The number of phenolic OH excluding ortho intramolecular Hbond substituents is 1. The van der Waals surface area contributed by atoms with Crippen LogP contribution in [0, 0.1) is 11.3 Å². The third-order valence-electron chi connectivity index (χ3n) is 4.60. The minimum absolute atomic E-state index is 0.0185. The van der Waals surface area contributed by atoms with Gasteiger partial charge in [-0.3, -0.25) is 14.4 Å². The predicted molar refractivity (Wildman–Crippen MR) is 126 cm³/mol. The Morgan fingerprint density at radius 3 is 2.38 bits per heavy atom. The molecule has 2 aromatic carbocycles. The first-order valence-corrected chi connectivity index (χ1v) is 10.7. The van der Waals surface area contributed by atoms with Crippen LogP contribution in [0.1, 0.15) is 24.5 Å². The highest BCUT2D eigenvalue weighted by atomic mass is 16.5. The summed E-state index contributed by atoms with van der Waals surface area (Å²) in [7, 11) is 0. The zero-order chi connectivity index (χ0) is 24.8. The number of hydrogen-bond acceptors (Lipinski definition) is 6. The van der Waals surface area contributed by atoms with E-state index in [-0.39, 0.29) is 42.8 Å². The molecule has 0 saturated heterocycles. The van der Waals surface area contributed by atoms with Gasteiger partial charge in [-0.05, 0) is 35.8 Å². The number of aromatic hydroxyl groups is 1. The molecule has 0 aliphatic heterocycles. The minimum atomic E-state index is -0.839. The highest BCUT2D eigenvalue weighted by molar-refractivity contribution is 6.01. The van der Waals surface area contributed by atoms with Gasteiger partial charge in [0, 0.05) is 20.0 Å². The zero-order valence-corrected chi connectivity index (χ0v) is 18.9. The Kier molecular flexibility index (Phi) is 10.8. The maximum atomic E-state index is 12.4. The number of rotatable bonds is 12. The van der Waals surface area contributed by atoms with Gasteiger partial charge in [0.1, 0.15) is 23.4 Å². The standard InChI is InChI=1S/C25H28N4O5/c1-18(30)29-23(17-34-16-20-6-3-2-4-7-20)25(33)28-13-5-12-27-24(32)21(15-26)14-19-8-10-22(31)11-9-19/h2-4,6-11,14,23,31H,5,12-13,16-17H2,1H3,(H,27,32)(H,28,33)(H,29,30)/b21-14+/t23-/m1/s1. The second-order valence-corrected chi connectivity index (χ2v) is 7.42. The molecule has 0 aromatic heterocycles. The minimum Gasteiger partial charge on any atom is -0.508 e. The van der Waals surface area contributed by atoms with Crippen molar-refractivity contribution in [3.63, 3.8) is 0 Å². The van der Waals surface area contributed by atoms with E-state index in [1.807, 2.05) is 36.4 Å². The Bertz CT molecular complexity index is 1030. The summed E-state index contributed by atoms with van der Waals surface area (Å²) >= 11 is 0. The summed E-state index contributed by atoms with van der Waals surface area (Å²) in [5.41, 5.74) is 1.49. The first-order chi connectivity index (χ1) is 16.4. The van der Waals surface area contributed by atoms with Gasteiger partial charge in [0.05, 0.1) is 13.2 Å². The normalized spacial score (nSPS) is 11.7. The van der Waals surface area contributed by atoms with Gasteiger partial charge < -0.3 is 25.8 Å². The van der Waals surface area contributed by atoms with Gasteiger partial charge in [-0.1, -0.05) is 42.5 Å². The van der Waals surface area contributed by atoms with E-state index < -0.39 is 11.9 Å². The van der Waals surface area contributed by atoms with Crippen LogP contribution in [-0.2, 0) is 25.7 Å². The van der Waals surface area contributed by atoms with Gasteiger partial charge >= 0.3 is 0 Å². The molecule has 2 aromatic rings. The summed E-state index contributed by atoms with van der Waals surface area (Å²) in [6.45, 7) is 2.16. The highest BCUT2D eigenvalue weighted by Gasteiger charge is 2.19. The van der Waals surface area contributed by atoms with Crippen LogP contribution in [-0.4, -0.2) is 48.6 Å². The summed E-state index contributed by atoms with van der Waals surface area (Å²) in [6.07, 6.45) is 1.84. The first kappa shape index (κ1) is 26.1. The van der Waals surface area contributed by atoms with Crippen LogP contribution >= 0.6 is 0 Å². The smallest absolute Gasteiger partial charge is 0.261 e. The van der Waals surface area contributed by atoms with Crippen molar-refractivity contribution in [1.29, 1.82) is 5.26 Å². The molecule has 0 unspecified atom stereocenters. The molecule has 3 amide bonds. The molecule has 2 rings (SSSR count). The van der Waals surface area contributed by atoms with Crippen molar-refractivity contribution in [2.45, 2.75) is 26.0 Å². The van der Waals surface area contributed by atoms with E-state index in [2.05, 4.69) is 16.0 Å². The molecular weight excluding hydrogens is 436 g/mol. The molecule has 0 spiro atoms. The average molecular weight is 465 g/mol. The zero-order valence-electron chi connectivity index (χ0n) is 18.9. The lowest BCUT2D eigenvalue weighted by atomic mass is 10.1. The number of nitrogens with zero attached hydrogens (tertiary/aromatic N) is 1. The van der Waals surface area contributed by atoms with Gasteiger partial charge in [-0.2, -0.15) is 5.26 Å². The molecule has 1 atom stereocenters. The highest BCUT2D eigenvalue weighted by Crippen LogP contribution is 2.12. The van der Waals surface area contributed by atoms with Gasteiger partial charge in [0.25, 0.3) is 5.91 Å². The molecule has 0 fully saturated rings. The second-order valence-electron chi connectivity index (χ2n) is 7.42. The molecule has 9 heteroatoms. The van der Waals surface area contributed by atoms with Crippen molar-refractivity contribution in [3.05, 3.63) is 71.3 Å². The molecule has 34 heavy (non-hydrogen) atoms. The summed E-state index contributed by atoms with van der Waals surface area (Å²) in [6, 6.07) is 16.6. The number of amides is 3. The molecule has 0 radical (unpaired) electrons. The second kappa shape index (κ2) is 14.1. The van der Waals surface area contributed by atoms with Crippen LogP contribution in [0.4, 0.5) is 0 Å². The van der Waals surface area contributed by atoms with E-state index in [1.165, 1.54) is 25.1 Å². The van der Waals surface area contributed by atoms with Crippen LogP contribution in [0.25, 0.3) is 6.08 Å². The van der Waals surface area contributed by atoms with Crippen LogP contribution < -0.4 is 16.0 Å². The van der Waals surface area contributed by atoms with Gasteiger partial charge in [-0.25, -0.2) is 0 Å². The van der Waals surface area contributed by atoms with Gasteiger partial charge in [0.2, 0.25) is 11.8 Å². The number of nitrogens with one attached hydrogen (secondary N) is 3. The van der Waals surface area contributed by atoms with E-state index >= 15 is 0 Å². The predicted octanol–water partition coefficient (Wildman–Crippen LogP) is 1.64. The van der Waals surface area contributed by atoms with Crippen molar-refractivity contribution >= 4 is 23.8 Å². The first-order valence-electron chi connectivity index (χ1n) is 10.7. The Morgan fingerprint density at radius 2 is 1.74 bits per heavy atom. The third kappa shape index (κ3) is 9.54. The molecule has 0 saturated carbocycles. The van der Waals surface area contributed by atoms with Crippen LogP contribution in [0.15, 0.2) is 60.2 Å².